The average molecular weight is 252 g/mol. The Labute approximate surface area is 102 Å². The molecular formula is C12H10F2N2O2. The molecule has 6 heteroatoms. The van der Waals surface area contributed by atoms with Crippen LogP contribution in [0.3, 0.4) is 0 Å². The van der Waals surface area contributed by atoms with E-state index in [1.165, 1.54) is 12.1 Å². The molecule has 0 saturated carbocycles. The molecule has 0 bridgehead atoms. The zero-order chi connectivity index (χ0) is 13.1. The average Bonchev–Trinajstić information content (AvgIpc) is 2.78. The van der Waals surface area contributed by atoms with Crippen LogP contribution in [0.4, 0.5) is 8.78 Å². The monoisotopic (exact) mass is 252 g/mol. The normalized spacial score (nSPS) is 10.4. The lowest BCUT2D eigenvalue weighted by molar-refractivity contribution is 0.0519. The van der Waals surface area contributed by atoms with Gasteiger partial charge in [0.2, 0.25) is 0 Å². The van der Waals surface area contributed by atoms with Crippen molar-refractivity contribution >= 4 is 5.97 Å². The van der Waals surface area contributed by atoms with E-state index in [0.29, 0.717) is 0 Å². The van der Waals surface area contributed by atoms with Gasteiger partial charge in [-0.3, -0.25) is 5.10 Å². The Balaban J connectivity index is 2.32. The van der Waals surface area contributed by atoms with Gasteiger partial charge in [0.05, 0.1) is 12.3 Å². The number of rotatable bonds is 3. The van der Waals surface area contributed by atoms with Crippen LogP contribution >= 0.6 is 0 Å². The molecule has 0 aliphatic heterocycles. The summed E-state index contributed by atoms with van der Waals surface area (Å²) < 4.78 is 31.0. The van der Waals surface area contributed by atoms with Gasteiger partial charge in [-0.1, -0.05) is 0 Å². The summed E-state index contributed by atoms with van der Waals surface area (Å²) in [6.07, 6.45) is 0. The zero-order valence-corrected chi connectivity index (χ0v) is 9.54. The molecule has 1 heterocycles. The molecule has 0 amide bonds. The van der Waals surface area contributed by atoms with Gasteiger partial charge in [0.1, 0.15) is 17.3 Å². The minimum atomic E-state index is -0.739. The largest absolute Gasteiger partial charge is 0.461 e. The third kappa shape index (κ3) is 2.37. The van der Waals surface area contributed by atoms with E-state index in [-0.39, 0.29) is 23.6 Å². The summed E-state index contributed by atoms with van der Waals surface area (Å²) in [6.45, 7) is 1.91. The second-order valence-electron chi connectivity index (χ2n) is 3.51. The summed E-state index contributed by atoms with van der Waals surface area (Å²) in [7, 11) is 0. The minimum absolute atomic E-state index is 0.114. The molecular weight excluding hydrogens is 242 g/mol. The Bertz CT molecular complexity index is 581. The van der Waals surface area contributed by atoms with Crippen LogP contribution in [0.2, 0.25) is 0 Å². The van der Waals surface area contributed by atoms with Gasteiger partial charge >= 0.3 is 5.97 Å². The molecule has 1 aromatic heterocycles. The van der Waals surface area contributed by atoms with Crippen LogP contribution in [0.1, 0.15) is 17.4 Å². The number of H-pyrrole nitrogens is 1. The molecule has 0 aliphatic carbocycles. The number of aromatic amines is 1. The van der Waals surface area contributed by atoms with Gasteiger partial charge in [-0.15, -0.1) is 0 Å². The highest BCUT2D eigenvalue weighted by molar-refractivity contribution is 5.88. The first-order valence-electron chi connectivity index (χ1n) is 5.29. The Morgan fingerprint density at radius 2 is 2.17 bits per heavy atom. The van der Waals surface area contributed by atoms with Crippen molar-refractivity contribution in [2.45, 2.75) is 6.92 Å². The van der Waals surface area contributed by atoms with Crippen LogP contribution in [0.15, 0.2) is 24.3 Å². The van der Waals surface area contributed by atoms with Gasteiger partial charge in [-0.25, -0.2) is 13.6 Å². The number of halogens is 2. The molecule has 0 fully saturated rings. The third-order valence-corrected chi connectivity index (χ3v) is 2.28. The summed E-state index contributed by atoms with van der Waals surface area (Å²) in [5.74, 6) is -1.98. The number of benzene rings is 1. The SMILES string of the molecule is CCOC(=O)c1cc(-c2ccc(F)cc2F)n[nH]1. The van der Waals surface area contributed by atoms with Gasteiger partial charge in [-0.2, -0.15) is 5.10 Å². The summed E-state index contributed by atoms with van der Waals surface area (Å²) >= 11 is 0. The van der Waals surface area contributed by atoms with Crippen molar-refractivity contribution in [1.82, 2.24) is 10.2 Å². The number of hydrogen-bond donors (Lipinski definition) is 1. The maximum atomic E-state index is 13.5. The fourth-order valence-electron chi connectivity index (χ4n) is 1.47. The maximum absolute atomic E-state index is 13.5. The topological polar surface area (TPSA) is 55.0 Å². The molecule has 1 N–H and O–H groups in total. The lowest BCUT2D eigenvalue weighted by atomic mass is 10.1. The molecule has 0 atom stereocenters. The highest BCUT2D eigenvalue weighted by Crippen LogP contribution is 2.22. The lowest BCUT2D eigenvalue weighted by Crippen LogP contribution is -2.04. The van der Waals surface area contributed by atoms with E-state index in [2.05, 4.69) is 10.2 Å². The zero-order valence-electron chi connectivity index (χ0n) is 9.54. The second kappa shape index (κ2) is 4.95. The molecule has 0 spiro atoms. The van der Waals surface area contributed by atoms with E-state index in [1.54, 1.807) is 6.92 Å². The maximum Gasteiger partial charge on any atom is 0.356 e. The number of nitrogens with zero attached hydrogens (tertiary/aromatic N) is 1. The first kappa shape index (κ1) is 12.2. The molecule has 4 nitrogen and oxygen atoms in total. The third-order valence-electron chi connectivity index (χ3n) is 2.28. The molecule has 0 saturated heterocycles. The van der Waals surface area contributed by atoms with Crippen molar-refractivity contribution in [2.24, 2.45) is 0 Å². The Morgan fingerprint density at radius 1 is 1.39 bits per heavy atom. The summed E-state index contributed by atoms with van der Waals surface area (Å²) in [4.78, 5) is 11.4. The minimum Gasteiger partial charge on any atom is -0.461 e. The predicted octanol–water partition coefficient (Wildman–Crippen LogP) is 2.53. The van der Waals surface area contributed by atoms with Crippen LogP contribution in [-0.4, -0.2) is 22.8 Å². The van der Waals surface area contributed by atoms with Crippen molar-refractivity contribution in [1.29, 1.82) is 0 Å². The molecule has 2 rings (SSSR count). The molecule has 2 aromatic rings. The molecule has 18 heavy (non-hydrogen) atoms. The van der Waals surface area contributed by atoms with Crippen LogP contribution < -0.4 is 0 Å². The highest BCUT2D eigenvalue weighted by Gasteiger charge is 2.14. The van der Waals surface area contributed by atoms with E-state index in [9.17, 15) is 13.6 Å². The standard InChI is InChI=1S/C12H10F2N2O2/c1-2-18-12(17)11-6-10(15-16-11)8-4-3-7(13)5-9(8)14/h3-6H,2H2,1H3,(H,15,16). The van der Waals surface area contributed by atoms with Crippen LogP contribution in [0.5, 0.6) is 0 Å². The fourth-order valence-corrected chi connectivity index (χ4v) is 1.47. The second-order valence-corrected chi connectivity index (χ2v) is 3.51. The van der Waals surface area contributed by atoms with Gasteiger partial charge < -0.3 is 4.74 Å². The first-order valence-corrected chi connectivity index (χ1v) is 5.29. The van der Waals surface area contributed by atoms with Crippen molar-refractivity contribution < 1.29 is 18.3 Å². The highest BCUT2D eigenvalue weighted by atomic mass is 19.1. The van der Waals surface area contributed by atoms with Gasteiger partial charge in [0.15, 0.2) is 0 Å². The Hall–Kier alpha value is -2.24. The van der Waals surface area contributed by atoms with Crippen LogP contribution in [0.25, 0.3) is 11.3 Å². The predicted molar refractivity (Wildman–Crippen MR) is 59.9 cm³/mol. The van der Waals surface area contributed by atoms with Crippen molar-refractivity contribution in [3.8, 4) is 11.3 Å². The smallest absolute Gasteiger partial charge is 0.356 e. The fraction of sp³-hybridized carbons (Fsp3) is 0.167. The number of carbonyl (C=O) groups excluding carboxylic acids is 1. The van der Waals surface area contributed by atoms with E-state index in [1.807, 2.05) is 0 Å². The van der Waals surface area contributed by atoms with E-state index in [0.717, 1.165) is 12.1 Å². The van der Waals surface area contributed by atoms with Crippen molar-refractivity contribution in [3.63, 3.8) is 0 Å². The summed E-state index contributed by atoms with van der Waals surface area (Å²) in [6, 6.07) is 4.50. The molecule has 94 valence electrons. The quantitative estimate of drug-likeness (QED) is 0.854. The van der Waals surface area contributed by atoms with Crippen LogP contribution in [-0.2, 0) is 4.74 Å². The number of carbonyl (C=O) groups is 1. The Morgan fingerprint density at radius 3 is 2.83 bits per heavy atom. The van der Waals surface area contributed by atoms with Gasteiger partial charge in [0, 0.05) is 11.6 Å². The molecule has 0 unspecified atom stereocenters. The number of esters is 1. The number of hydrogen-bond acceptors (Lipinski definition) is 3. The van der Waals surface area contributed by atoms with Crippen LogP contribution in [0, 0.1) is 11.6 Å². The van der Waals surface area contributed by atoms with Crippen molar-refractivity contribution in [2.75, 3.05) is 6.61 Å². The molecule has 0 aliphatic rings. The summed E-state index contributed by atoms with van der Waals surface area (Å²) in [5.41, 5.74) is 0.453. The van der Waals surface area contributed by atoms with Gasteiger partial charge in [-0.05, 0) is 25.1 Å². The van der Waals surface area contributed by atoms with E-state index < -0.39 is 17.6 Å². The lowest BCUT2D eigenvalue weighted by Gasteiger charge is -1.98. The van der Waals surface area contributed by atoms with Gasteiger partial charge in [0.25, 0.3) is 0 Å². The Kier molecular flexibility index (Phi) is 3.36. The number of aromatic nitrogens is 2. The van der Waals surface area contributed by atoms with E-state index in [4.69, 9.17) is 4.74 Å². The van der Waals surface area contributed by atoms with Crippen molar-refractivity contribution in [3.05, 3.63) is 41.6 Å². The first-order chi connectivity index (χ1) is 8.61. The molecule has 1 aromatic carbocycles. The molecule has 0 radical (unpaired) electrons. The number of ether oxygens (including phenoxy) is 1. The van der Waals surface area contributed by atoms with E-state index >= 15 is 0 Å². The number of nitrogens with one attached hydrogen (secondary N) is 1. The summed E-state index contributed by atoms with van der Waals surface area (Å²) in [5, 5.41) is 6.24.